The molecule has 0 radical (unpaired) electrons. The number of amides is 1. The highest BCUT2D eigenvalue weighted by atomic mass is 32.2. The van der Waals surface area contributed by atoms with Gasteiger partial charge in [-0.3, -0.25) is 10.1 Å². The zero-order valence-corrected chi connectivity index (χ0v) is 20.1. The lowest BCUT2D eigenvalue weighted by Crippen LogP contribution is -2.39. The van der Waals surface area contributed by atoms with Crippen molar-refractivity contribution in [2.24, 2.45) is 5.92 Å². The Morgan fingerprint density at radius 2 is 1.88 bits per heavy atom. The number of rotatable bonds is 5. The summed E-state index contributed by atoms with van der Waals surface area (Å²) < 4.78 is 27.4. The van der Waals surface area contributed by atoms with Crippen molar-refractivity contribution in [3.05, 3.63) is 64.5 Å². The van der Waals surface area contributed by atoms with Crippen molar-refractivity contribution in [3.63, 3.8) is 0 Å². The van der Waals surface area contributed by atoms with Crippen molar-refractivity contribution in [2.75, 3.05) is 18.4 Å². The van der Waals surface area contributed by atoms with Gasteiger partial charge in [-0.1, -0.05) is 19.1 Å². The van der Waals surface area contributed by atoms with Crippen molar-refractivity contribution in [1.82, 2.24) is 9.29 Å². The summed E-state index contributed by atoms with van der Waals surface area (Å²) in [7, 11) is -3.54. The van der Waals surface area contributed by atoms with Crippen molar-refractivity contribution in [3.8, 4) is 11.3 Å². The summed E-state index contributed by atoms with van der Waals surface area (Å²) in [5.74, 6) is 0.0390. The Morgan fingerprint density at radius 1 is 1.12 bits per heavy atom. The Labute approximate surface area is 193 Å². The number of benzene rings is 2. The first-order valence-corrected chi connectivity index (χ1v) is 13.0. The number of hydrogen-bond acceptors (Lipinski definition) is 5. The molecule has 1 aliphatic rings. The van der Waals surface area contributed by atoms with Crippen LogP contribution in [-0.4, -0.2) is 36.7 Å². The fourth-order valence-corrected chi connectivity index (χ4v) is 6.14. The predicted octanol–water partition coefficient (Wildman–Crippen LogP) is 5.10. The van der Waals surface area contributed by atoms with Crippen LogP contribution in [0.5, 0.6) is 0 Å². The number of aryl methyl sites for hydroxylation is 2. The minimum absolute atomic E-state index is 0.217. The van der Waals surface area contributed by atoms with Gasteiger partial charge < -0.3 is 0 Å². The van der Waals surface area contributed by atoms with Crippen LogP contribution in [0, 0.1) is 19.8 Å². The van der Waals surface area contributed by atoms with Gasteiger partial charge in [-0.25, -0.2) is 13.4 Å². The normalized spacial score (nSPS) is 17.3. The number of hydrogen-bond donors (Lipinski definition) is 1. The van der Waals surface area contributed by atoms with Crippen LogP contribution in [-0.2, 0) is 10.0 Å². The summed E-state index contributed by atoms with van der Waals surface area (Å²) in [4.78, 5) is 17.4. The molecule has 4 rings (SSSR count). The van der Waals surface area contributed by atoms with Gasteiger partial charge in [-0.2, -0.15) is 4.31 Å². The lowest BCUT2D eigenvalue weighted by molar-refractivity contribution is 0.102. The van der Waals surface area contributed by atoms with Crippen molar-refractivity contribution in [1.29, 1.82) is 0 Å². The van der Waals surface area contributed by atoms with Crippen LogP contribution in [0.3, 0.4) is 0 Å². The standard InChI is InChI=1S/C24H27N3O3S2/c1-16-5-4-12-27(14-16)32(29,30)21-10-8-19(9-11-21)23(28)26-24-25-22(15-31-24)20-7-6-17(2)18(3)13-20/h6-11,13,15-16H,4-5,12,14H2,1-3H3,(H,25,26,28). The molecule has 1 aliphatic heterocycles. The SMILES string of the molecule is Cc1ccc(-c2csc(NC(=O)c3ccc(S(=O)(=O)N4CCCC(C)C4)cc3)n2)cc1C. The van der Waals surface area contributed by atoms with Gasteiger partial charge in [-0.05, 0) is 74.1 Å². The molecule has 8 heteroatoms. The molecule has 6 nitrogen and oxygen atoms in total. The van der Waals surface area contributed by atoms with Gasteiger partial charge in [0.1, 0.15) is 0 Å². The average molecular weight is 470 g/mol. The van der Waals surface area contributed by atoms with Crippen LogP contribution in [0.4, 0.5) is 5.13 Å². The van der Waals surface area contributed by atoms with Gasteiger partial charge in [0.2, 0.25) is 10.0 Å². The van der Waals surface area contributed by atoms with E-state index in [4.69, 9.17) is 0 Å². The van der Waals surface area contributed by atoms with E-state index in [0.717, 1.165) is 24.1 Å². The number of aromatic nitrogens is 1. The van der Waals surface area contributed by atoms with Crippen molar-refractivity contribution >= 4 is 32.4 Å². The Morgan fingerprint density at radius 3 is 2.56 bits per heavy atom. The maximum Gasteiger partial charge on any atom is 0.257 e. The van der Waals surface area contributed by atoms with E-state index >= 15 is 0 Å². The Kier molecular flexibility index (Phi) is 6.46. The minimum atomic E-state index is -3.54. The van der Waals surface area contributed by atoms with Gasteiger partial charge in [0.05, 0.1) is 10.6 Å². The van der Waals surface area contributed by atoms with E-state index in [1.165, 1.54) is 34.6 Å². The molecule has 1 unspecified atom stereocenters. The highest BCUT2D eigenvalue weighted by Crippen LogP contribution is 2.27. The van der Waals surface area contributed by atoms with Crippen molar-refractivity contribution in [2.45, 2.75) is 38.5 Å². The molecule has 1 atom stereocenters. The second-order valence-corrected chi connectivity index (χ2v) is 11.2. The van der Waals surface area contributed by atoms with Crippen LogP contribution in [0.25, 0.3) is 11.3 Å². The quantitative estimate of drug-likeness (QED) is 0.564. The topological polar surface area (TPSA) is 79.4 Å². The third-order valence-corrected chi connectivity index (χ3v) is 8.54. The smallest absolute Gasteiger partial charge is 0.257 e. The number of nitrogens with zero attached hydrogens (tertiary/aromatic N) is 2. The number of nitrogens with one attached hydrogen (secondary N) is 1. The fourth-order valence-electron chi connectivity index (χ4n) is 3.83. The monoisotopic (exact) mass is 469 g/mol. The number of thiazole rings is 1. The molecule has 1 aromatic heterocycles. The maximum absolute atomic E-state index is 12.9. The first kappa shape index (κ1) is 22.6. The van der Waals surface area contributed by atoms with E-state index in [2.05, 4.69) is 43.2 Å². The second kappa shape index (κ2) is 9.13. The van der Waals surface area contributed by atoms with Crippen LogP contribution in [0.15, 0.2) is 52.7 Å². The van der Waals surface area contributed by atoms with E-state index < -0.39 is 10.0 Å². The van der Waals surface area contributed by atoms with E-state index in [1.807, 2.05) is 11.4 Å². The highest BCUT2D eigenvalue weighted by molar-refractivity contribution is 7.89. The van der Waals surface area contributed by atoms with E-state index in [1.54, 1.807) is 16.4 Å². The zero-order chi connectivity index (χ0) is 22.9. The van der Waals surface area contributed by atoms with Gasteiger partial charge in [0.25, 0.3) is 5.91 Å². The summed E-state index contributed by atoms with van der Waals surface area (Å²) in [5, 5.41) is 5.22. The van der Waals surface area contributed by atoms with E-state index in [0.29, 0.717) is 29.7 Å². The lowest BCUT2D eigenvalue weighted by atomic mass is 10.0. The molecule has 2 heterocycles. The van der Waals surface area contributed by atoms with E-state index in [9.17, 15) is 13.2 Å². The fraction of sp³-hybridized carbons (Fsp3) is 0.333. The molecule has 3 aromatic rings. The van der Waals surface area contributed by atoms with Gasteiger partial charge >= 0.3 is 0 Å². The Bertz CT molecular complexity index is 1230. The first-order chi connectivity index (χ1) is 15.2. The number of anilines is 1. The molecule has 1 saturated heterocycles. The molecule has 0 saturated carbocycles. The molecule has 1 N–H and O–H groups in total. The number of piperidine rings is 1. The molecule has 0 bridgehead atoms. The molecule has 0 spiro atoms. The van der Waals surface area contributed by atoms with Crippen LogP contribution >= 0.6 is 11.3 Å². The minimum Gasteiger partial charge on any atom is -0.298 e. The third-order valence-electron chi connectivity index (χ3n) is 5.90. The molecule has 168 valence electrons. The molecule has 2 aromatic carbocycles. The lowest BCUT2D eigenvalue weighted by Gasteiger charge is -2.30. The first-order valence-electron chi connectivity index (χ1n) is 10.7. The molecule has 0 aliphatic carbocycles. The third kappa shape index (κ3) is 4.77. The van der Waals surface area contributed by atoms with Crippen LogP contribution in [0.2, 0.25) is 0 Å². The van der Waals surface area contributed by atoms with Gasteiger partial charge in [0.15, 0.2) is 5.13 Å². The average Bonchev–Trinajstić information content (AvgIpc) is 3.24. The summed E-state index contributed by atoms with van der Waals surface area (Å²) in [5.41, 5.74) is 4.61. The second-order valence-electron chi connectivity index (χ2n) is 8.43. The van der Waals surface area contributed by atoms with Crippen LogP contribution in [0.1, 0.15) is 41.3 Å². The van der Waals surface area contributed by atoms with E-state index in [-0.39, 0.29) is 10.8 Å². The summed E-state index contributed by atoms with van der Waals surface area (Å²) >= 11 is 1.36. The summed E-state index contributed by atoms with van der Waals surface area (Å²) in [6, 6.07) is 12.3. The number of sulfonamides is 1. The van der Waals surface area contributed by atoms with Crippen molar-refractivity contribution < 1.29 is 13.2 Å². The highest BCUT2D eigenvalue weighted by Gasteiger charge is 2.28. The largest absolute Gasteiger partial charge is 0.298 e. The molecular weight excluding hydrogens is 442 g/mol. The molecular formula is C24H27N3O3S2. The molecule has 32 heavy (non-hydrogen) atoms. The molecule has 1 fully saturated rings. The maximum atomic E-state index is 12.9. The molecule has 1 amide bonds. The Hall–Kier alpha value is -2.55. The van der Waals surface area contributed by atoms with Crippen LogP contribution < -0.4 is 5.32 Å². The number of carbonyl (C=O) groups is 1. The number of carbonyl (C=O) groups excluding carboxylic acids is 1. The van der Waals surface area contributed by atoms with Gasteiger partial charge in [-0.15, -0.1) is 11.3 Å². The Balaban J connectivity index is 1.45. The zero-order valence-electron chi connectivity index (χ0n) is 18.5. The van der Waals surface area contributed by atoms with Gasteiger partial charge in [0, 0.05) is 29.6 Å². The summed E-state index contributed by atoms with van der Waals surface area (Å²) in [6.45, 7) is 7.28. The summed E-state index contributed by atoms with van der Waals surface area (Å²) in [6.07, 6.45) is 1.92. The predicted molar refractivity (Wildman–Crippen MR) is 129 cm³/mol.